The predicted octanol–water partition coefficient (Wildman–Crippen LogP) is 6.80. The molecule has 47 heavy (non-hydrogen) atoms. The molecule has 0 unspecified atom stereocenters. The standard InChI is InChI=1S/C32H37F5N4O5S/c1-19(2)12-24(41(5)23-14-25(15-23)46-32(36,37)31(33,34)35)18-45-28-16-27(29-20(3)8-6-9-21(29)4)38-30(39-28)40-47(43,44)26-11-7-10-22(13-26)17-42/h6-11,13,16-17,19,23-25H,12,14-15,18H2,1-5H3,(H,38,39,40)/t23?,24-,25?/m1/s1. The van der Waals surface area contributed by atoms with Crippen LogP contribution in [0.15, 0.2) is 53.4 Å². The zero-order valence-electron chi connectivity index (χ0n) is 26.5. The van der Waals surface area contributed by atoms with Gasteiger partial charge >= 0.3 is 12.3 Å². The summed E-state index contributed by atoms with van der Waals surface area (Å²) in [4.78, 5) is 21.7. The maximum atomic E-state index is 13.4. The normalized spacial score (nSPS) is 17.8. The lowest BCUT2D eigenvalue weighted by molar-refractivity contribution is -0.408. The van der Waals surface area contributed by atoms with Crippen molar-refractivity contribution in [3.63, 3.8) is 0 Å². The molecular weight excluding hydrogens is 647 g/mol. The highest BCUT2D eigenvalue weighted by Crippen LogP contribution is 2.41. The molecule has 256 valence electrons. The van der Waals surface area contributed by atoms with E-state index in [2.05, 4.69) is 19.4 Å². The number of aryl methyl sites for hydroxylation is 2. The van der Waals surface area contributed by atoms with Crippen molar-refractivity contribution in [2.24, 2.45) is 5.92 Å². The zero-order valence-corrected chi connectivity index (χ0v) is 27.3. The lowest BCUT2D eigenvalue weighted by Crippen LogP contribution is -2.54. The largest absolute Gasteiger partial charge is 0.482 e. The molecule has 1 aliphatic carbocycles. The van der Waals surface area contributed by atoms with Crippen LogP contribution in [0.25, 0.3) is 11.3 Å². The van der Waals surface area contributed by atoms with Crippen LogP contribution in [0.5, 0.6) is 5.88 Å². The maximum Gasteiger partial charge on any atom is 0.482 e. The summed E-state index contributed by atoms with van der Waals surface area (Å²) >= 11 is 0. The topological polar surface area (TPSA) is 111 Å². The van der Waals surface area contributed by atoms with Gasteiger partial charge in [0.1, 0.15) is 12.9 Å². The number of aldehydes is 1. The van der Waals surface area contributed by atoms with Gasteiger partial charge in [-0.05, 0) is 69.3 Å². The molecule has 0 saturated heterocycles. The van der Waals surface area contributed by atoms with Gasteiger partial charge in [0, 0.05) is 29.3 Å². The first kappa shape index (κ1) is 36.2. The summed E-state index contributed by atoms with van der Waals surface area (Å²) in [6.07, 6.45) is -11.2. The molecule has 9 nitrogen and oxygen atoms in total. The number of hydrogen-bond donors (Lipinski definition) is 1. The minimum atomic E-state index is -5.79. The van der Waals surface area contributed by atoms with Crippen LogP contribution in [-0.2, 0) is 14.8 Å². The van der Waals surface area contributed by atoms with Gasteiger partial charge in [-0.15, -0.1) is 0 Å². The molecule has 0 spiro atoms. The van der Waals surface area contributed by atoms with Gasteiger partial charge in [-0.1, -0.05) is 44.2 Å². The lowest BCUT2D eigenvalue weighted by atomic mass is 9.86. The van der Waals surface area contributed by atoms with E-state index in [0.717, 1.165) is 16.7 Å². The van der Waals surface area contributed by atoms with E-state index < -0.39 is 28.4 Å². The number of likely N-dealkylation sites (N-methyl/N-ethyl adjacent to an activating group) is 1. The molecule has 4 rings (SSSR count). The number of nitrogens with zero attached hydrogens (tertiary/aromatic N) is 3. The van der Waals surface area contributed by atoms with Crippen molar-refractivity contribution in [2.75, 3.05) is 18.4 Å². The number of carbonyl (C=O) groups excluding carboxylic acids is 1. The van der Waals surface area contributed by atoms with Gasteiger partial charge in [-0.25, -0.2) is 18.1 Å². The van der Waals surface area contributed by atoms with Crippen LogP contribution in [0, 0.1) is 19.8 Å². The van der Waals surface area contributed by atoms with Gasteiger partial charge in [0.25, 0.3) is 10.0 Å². The van der Waals surface area contributed by atoms with E-state index in [0.29, 0.717) is 18.4 Å². The minimum Gasteiger partial charge on any atom is -0.476 e. The fourth-order valence-electron chi connectivity index (χ4n) is 5.44. The van der Waals surface area contributed by atoms with E-state index >= 15 is 0 Å². The Hall–Kier alpha value is -3.69. The van der Waals surface area contributed by atoms with Crippen LogP contribution in [0.3, 0.4) is 0 Å². The Bertz CT molecular complexity index is 1660. The van der Waals surface area contributed by atoms with Crippen LogP contribution in [0.4, 0.5) is 27.9 Å². The molecule has 1 atom stereocenters. The summed E-state index contributed by atoms with van der Waals surface area (Å²) in [6, 6.07) is 12.1. The number of rotatable bonds is 14. The SMILES string of the molecule is Cc1cccc(C)c1-c1cc(OC[C@@H](CC(C)C)N(C)C2CC(OC(F)(F)C(F)(F)F)C2)nc(NS(=O)(=O)c2cccc(C=O)c2)n1. The molecule has 2 aromatic carbocycles. The van der Waals surface area contributed by atoms with Gasteiger partial charge in [0.2, 0.25) is 11.8 Å². The van der Waals surface area contributed by atoms with E-state index in [1.165, 1.54) is 24.3 Å². The third-order valence-corrected chi connectivity index (χ3v) is 9.33. The number of hydrogen-bond acceptors (Lipinski definition) is 8. The summed E-state index contributed by atoms with van der Waals surface area (Å²) in [5.41, 5.74) is 3.05. The van der Waals surface area contributed by atoms with Crippen molar-refractivity contribution in [3.05, 3.63) is 65.2 Å². The molecule has 1 N–H and O–H groups in total. The summed E-state index contributed by atoms with van der Waals surface area (Å²) in [6.45, 7) is 7.77. The number of benzene rings is 2. The third-order valence-electron chi connectivity index (χ3n) is 8.00. The van der Waals surface area contributed by atoms with Crippen molar-refractivity contribution < 1.29 is 44.6 Å². The van der Waals surface area contributed by atoms with Crippen molar-refractivity contribution in [1.29, 1.82) is 0 Å². The molecule has 1 aromatic heterocycles. The minimum absolute atomic E-state index is 0.0157. The van der Waals surface area contributed by atoms with Gasteiger partial charge in [0.15, 0.2) is 0 Å². The Kier molecular flexibility index (Phi) is 10.9. The second kappa shape index (κ2) is 14.2. The van der Waals surface area contributed by atoms with Crippen LogP contribution in [0.2, 0.25) is 0 Å². The average molecular weight is 685 g/mol. The highest BCUT2D eigenvalue weighted by Gasteiger charge is 2.61. The molecular formula is C32H37F5N4O5S. The first-order valence-electron chi connectivity index (χ1n) is 14.9. The van der Waals surface area contributed by atoms with Crippen molar-refractivity contribution in [3.8, 4) is 17.1 Å². The second-order valence-corrected chi connectivity index (χ2v) is 13.8. The van der Waals surface area contributed by atoms with Gasteiger partial charge in [0.05, 0.1) is 16.7 Å². The average Bonchev–Trinajstić information content (AvgIpc) is 2.95. The van der Waals surface area contributed by atoms with E-state index in [-0.39, 0.29) is 59.7 Å². The number of aromatic nitrogens is 2. The second-order valence-electron chi connectivity index (χ2n) is 12.1. The summed E-state index contributed by atoms with van der Waals surface area (Å²) in [5, 5.41) is 0. The summed E-state index contributed by atoms with van der Waals surface area (Å²) in [7, 11) is -2.47. The number of carbonyl (C=O) groups is 1. The van der Waals surface area contributed by atoms with Crippen LogP contribution >= 0.6 is 0 Å². The highest BCUT2D eigenvalue weighted by molar-refractivity contribution is 7.92. The third kappa shape index (κ3) is 8.82. The zero-order chi connectivity index (χ0) is 34.7. The summed E-state index contributed by atoms with van der Waals surface area (Å²) < 4.78 is 104. The number of alkyl halides is 5. The van der Waals surface area contributed by atoms with Gasteiger partial charge < -0.3 is 9.47 Å². The fraction of sp³-hybridized carbons (Fsp3) is 0.469. The van der Waals surface area contributed by atoms with E-state index in [1.807, 2.05) is 50.8 Å². The van der Waals surface area contributed by atoms with E-state index in [9.17, 15) is 35.2 Å². The van der Waals surface area contributed by atoms with Gasteiger partial charge in [-0.3, -0.25) is 9.69 Å². The van der Waals surface area contributed by atoms with E-state index in [1.54, 1.807) is 13.1 Å². The molecule has 1 fully saturated rings. The number of ether oxygens (including phenoxy) is 2. The molecule has 15 heteroatoms. The highest BCUT2D eigenvalue weighted by atomic mass is 32.2. The van der Waals surface area contributed by atoms with Crippen molar-refractivity contribution in [1.82, 2.24) is 14.9 Å². The molecule has 1 saturated carbocycles. The Morgan fingerprint density at radius 3 is 2.26 bits per heavy atom. The smallest absolute Gasteiger partial charge is 0.476 e. The van der Waals surface area contributed by atoms with E-state index in [4.69, 9.17) is 4.74 Å². The number of nitrogens with one attached hydrogen (secondary N) is 1. The first-order valence-corrected chi connectivity index (χ1v) is 16.4. The Morgan fingerprint density at radius 2 is 1.66 bits per heavy atom. The Morgan fingerprint density at radius 1 is 1.02 bits per heavy atom. The molecule has 0 bridgehead atoms. The van der Waals surface area contributed by atoms with Crippen molar-refractivity contribution in [2.45, 2.75) is 82.3 Å². The van der Waals surface area contributed by atoms with Gasteiger partial charge in [-0.2, -0.15) is 26.9 Å². The first-order chi connectivity index (χ1) is 21.9. The Balaban J connectivity index is 1.58. The molecule has 0 aliphatic heterocycles. The summed E-state index contributed by atoms with van der Waals surface area (Å²) in [5.74, 6) is -0.0402. The monoisotopic (exact) mass is 684 g/mol. The quantitative estimate of drug-likeness (QED) is 0.146. The Labute approximate surface area is 270 Å². The molecule has 1 aliphatic rings. The van der Waals surface area contributed by atoms with Crippen molar-refractivity contribution >= 4 is 22.3 Å². The number of sulfonamides is 1. The number of anilines is 1. The molecule has 3 aromatic rings. The molecule has 0 amide bonds. The van der Waals surface area contributed by atoms with Crippen LogP contribution in [0.1, 0.15) is 54.6 Å². The van der Waals surface area contributed by atoms with Crippen LogP contribution < -0.4 is 9.46 Å². The number of halogens is 5. The maximum absolute atomic E-state index is 13.4. The lowest BCUT2D eigenvalue weighted by Gasteiger charge is -2.45. The predicted molar refractivity (Wildman–Crippen MR) is 165 cm³/mol. The molecule has 1 heterocycles. The molecule has 0 radical (unpaired) electrons. The fourth-order valence-corrected chi connectivity index (χ4v) is 6.44. The van der Waals surface area contributed by atoms with Crippen LogP contribution in [-0.4, -0.2) is 73.7 Å².